The predicted molar refractivity (Wildman–Crippen MR) is 215 cm³/mol. The summed E-state index contributed by atoms with van der Waals surface area (Å²) < 4.78 is 64.8. The second kappa shape index (κ2) is 17.2. The number of hydrogen-bond donors (Lipinski definition) is 1. The molecule has 1 saturated heterocycles. The number of carbonyl (C=O) groups is 4. The number of hydrogen-bond acceptors (Lipinski definition) is 9. The van der Waals surface area contributed by atoms with E-state index in [-0.39, 0.29) is 65.0 Å². The minimum Gasteiger partial charge on any atom is -0.443 e. The van der Waals surface area contributed by atoms with Crippen molar-refractivity contribution in [2.45, 2.75) is 58.9 Å². The molecular formula is C43H46F4N8O5. The molecule has 0 unspecified atom stereocenters. The number of ether oxygens (including phenoxy) is 1. The molecule has 13 nitrogen and oxygen atoms in total. The molecule has 316 valence electrons. The summed E-state index contributed by atoms with van der Waals surface area (Å²) in [6, 6.07) is 9.20. The molecule has 60 heavy (non-hydrogen) atoms. The molecule has 1 N–H and O–H groups in total. The van der Waals surface area contributed by atoms with E-state index in [0.717, 1.165) is 30.1 Å². The van der Waals surface area contributed by atoms with Crippen molar-refractivity contribution < 1.29 is 41.5 Å². The Morgan fingerprint density at radius 3 is 2.32 bits per heavy atom. The Hall–Kier alpha value is -6.12. The number of likely N-dealkylation sites (N-methyl/N-ethyl adjacent to an activating group) is 1. The molecule has 0 atom stereocenters. The summed E-state index contributed by atoms with van der Waals surface area (Å²) in [5, 5.41) is 2.54. The lowest BCUT2D eigenvalue weighted by Crippen LogP contribution is -2.44. The zero-order valence-corrected chi connectivity index (χ0v) is 34.5. The fourth-order valence-electron chi connectivity index (χ4n) is 6.88. The van der Waals surface area contributed by atoms with Crippen molar-refractivity contribution in [2.24, 2.45) is 7.05 Å². The average molecular weight is 831 g/mol. The van der Waals surface area contributed by atoms with Gasteiger partial charge >= 0.3 is 12.3 Å². The smallest absolute Gasteiger partial charge is 0.417 e. The molecular weight excluding hydrogens is 785 g/mol. The Balaban J connectivity index is 1.25. The van der Waals surface area contributed by atoms with Gasteiger partial charge in [-0.15, -0.1) is 0 Å². The summed E-state index contributed by atoms with van der Waals surface area (Å²) >= 11 is 0. The Labute approximate surface area is 345 Å². The van der Waals surface area contributed by atoms with Crippen LogP contribution in [0.5, 0.6) is 0 Å². The standard InChI is InChI=1S/C43H46F4N8O5/c1-26(56)52(6)40-48-24-29(38(50-40)36-23-32-35(53(36)7)14-15-55(39(32)58)41(59)60-42(2,3)4)10-9-28-20-27(8-13-34(28)44)21-37(57)49-31-12-11-30(33(22-31)43(45,46)47)25-54-18-16-51(5)17-19-54/h8,11-13,20,22-24H,14-19,21,25H2,1-7H3,(H,49,57). The zero-order valence-electron chi connectivity index (χ0n) is 34.5. The number of rotatable bonds is 7. The van der Waals surface area contributed by atoms with E-state index in [4.69, 9.17) is 4.74 Å². The first-order chi connectivity index (χ1) is 28.2. The molecule has 2 aliphatic rings. The van der Waals surface area contributed by atoms with Crippen molar-refractivity contribution in [3.63, 3.8) is 0 Å². The Morgan fingerprint density at radius 1 is 0.950 bits per heavy atom. The molecule has 0 aliphatic carbocycles. The molecule has 0 radical (unpaired) electrons. The van der Waals surface area contributed by atoms with Crippen LogP contribution < -0.4 is 10.2 Å². The highest BCUT2D eigenvalue weighted by Gasteiger charge is 2.36. The summed E-state index contributed by atoms with van der Waals surface area (Å²) in [5.74, 6) is 3.49. The number of fused-ring (bicyclic) bond motifs is 1. The Bertz CT molecular complexity index is 2400. The fraction of sp³-hybridized carbons (Fsp3) is 0.395. The minimum absolute atomic E-state index is 0.0235. The molecule has 17 heteroatoms. The Morgan fingerprint density at radius 2 is 1.65 bits per heavy atom. The van der Waals surface area contributed by atoms with Crippen LogP contribution in [0.25, 0.3) is 11.4 Å². The lowest BCUT2D eigenvalue weighted by molar-refractivity contribution is -0.138. The van der Waals surface area contributed by atoms with Crippen LogP contribution in [0.15, 0.2) is 48.7 Å². The van der Waals surface area contributed by atoms with Crippen molar-refractivity contribution in [3.05, 3.63) is 93.6 Å². The number of amides is 4. The maximum atomic E-state index is 15.2. The molecule has 6 rings (SSSR count). The van der Waals surface area contributed by atoms with Gasteiger partial charge in [-0.2, -0.15) is 13.2 Å². The molecule has 1 fully saturated rings. The quantitative estimate of drug-likeness (QED) is 0.179. The number of halogens is 4. The average Bonchev–Trinajstić information content (AvgIpc) is 3.51. The van der Waals surface area contributed by atoms with Crippen LogP contribution in [0.1, 0.15) is 71.6 Å². The SMILES string of the molecule is CC(=O)N(C)c1ncc(C#Cc2cc(CC(=O)Nc3ccc(CN4CCN(C)CC4)c(C(F)(F)F)c3)ccc2F)c(-c2cc3c(n2C)CCN(C(=O)OC(C)(C)C)C3=O)n1. The summed E-state index contributed by atoms with van der Waals surface area (Å²) in [6.07, 6.45) is -4.01. The number of anilines is 2. The third-order valence-electron chi connectivity index (χ3n) is 10.2. The largest absolute Gasteiger partial charge is 0.443 e. The first kappa shape index (κ1) is 43.5. The van der Waals surface area contributed by atoms with Crippen molar-refractivity contribution in [2.75, 3.05) is 57.0 Å². The predicted octanol–water partition coefficient (Wildman–Crippen LogP) is 5.88. The monoisotopic (exact) mass is 830 g/mol. The number of aromatic nitrogens is 3. The van der Waals surface area contributed by atoms with Gasteiger partial charge in [0.1, 0.15) is 17.1 Å². The molecule has 2 aromatic carbocycles. The van der Waals surface area contributed by atoms with Gasteiger partial charge in [0.2, 0.25) is 17.8 Å². The number of nitrogens with one attached hydrogen (secondary N) is 1. The topological polar surface area (TPSA) is 133 Å². The normalized spacial score (nSPS) is 14.9. The highest BCUT2D eigenvalue weighted by atomic mass is 19.4. The van der Waals surface area contributed by atoms with E-state index < -0.39 is 41.1 Å². The minimum atomic E-state index is -4.64. The van der Waals surface area contributed by atoms with E-state index in [1.807, 2.05) is 11.9 Å². The second-order valence-electron chi connectivity index (χ2n) is 15.9. The van der Waals surface area contributed by atoms with Crippen molar-refractivity contribution >= 4 is 35.5 Å². The van der Waals surface area contributed by atoms with Crippen LogP contribution in [0, 0.1) is 17.7 Å². The first-order valence-corrected chi connectivity index (χ1v) is 19.2. The summed E-state index contributed by atoms with van der Waals surface area (Å²) in [5.41, 5.74) is 0.429. The third kappa shape index (κ3) is 10.0. The van der Waals surface area contributed by atoms with Gasteiger partial charge in [0, 0.05) is 84.3 Å². The number of benzene rings is 2. The van der Waals surface area contributed by atoms with E-state index in [2.05, 4.69) is 32.0 Å². The number of alkyl halides is 3. The van der Waals surface area contributed by atoms with Crippen molar-refractivity contribution in [1.29, 1.82) is 0 Å². The van der Waals surface area contributed by atoms with E-state index in [9.17, 15) is 32.3 Å². The van der Waals surface area contributed by atoms with Crippen LogP contribution in [-0.4, -0.2) is 105 Å². The molecule has 2 aliphatic heterocycles. The van der Waals surface area contributed by atoms with E-state index >= 15 is 4.39 Å². The van der Waals surface area contributed by atoms with E-state index in [1.54, 1.807) is 38.5 Å². The lowest BCUT2D eigenvalue weighted by atomic mass is 10.0. The molecule has 0 bridgehead atoms. The molecule has 4 aromatic rings. The van der Waals surface area contributed by atoms with Crippen molar-refractivity contribution in [1.82, 2.24) is 29.2 Å². The fourth-order valence-corrected chi connectivity index (χ4v) is 6.88. The Kier molecular flexibility index (Phi) is 12.5. The highest BCUT2D eigenvalue weighted by Crippen LogP contribution is 2.35. The van der Waals surface area contributed by atoms with Crippen LogP contribution in [0.4, 0.5) is 34.0 Å². The van der Waals surface area contributed by atoms with Crippen LogP contribution in [0.2, 0.25) is 0 Å². The highest BCUT2D eigenvalue weighted by molar-refractivity contribution is 6.05. The van der Waals surface area contributed by atoms with Gasteiger partial charge in [0.05, 0.1) is 34.4 Å². The van der Waals surface area contributed by atoms with Gasteiger partial charge in [-0.1, -0.05) is 24.0 Å². The van der Waals surface area contributed by atoms with E-state index in [0.29, 0.717) is 36.5 Å². The maximum absolute atomic E-state index is 15.2. The van der Waals surface area contributed by atoms with Crippen molar-refractivity contribution in [3.8, 4) is 23.2 Å². The summed E-state index contributed by atoms with van der Waals surface area (Å²) in [7, 11) is 5.17. The summed E-state index contributed by atoms with van der Waals surface area (Å²) in [4.78, 5) is 67.1. The van der Waals surface area contributed by atoms with Crippen LogP contribution in [0.3, 0.4) is 0 Å². The van der Waals surface area contributed by atoms with Gasteiger partial charge in [-0.25, -0.2) is 24.1 Å². The van der Waals surface area contributed by atoms with E-state index in [1.165, 1.54) is 49.3 Å². The molecule has 2 aromatic heterocycles. The molecule has 4 amide bonds. The van der Waals surface area contributed by atoms with Gasteiger partial charge < -0.3 is 19.5 Å². The lowest BCUT2D eigenvalue weighted by Gasteiger charge is -2.33. The van der Waals surface area contributed by atoms with Gasteiger partial charge in [-0.05, 0) is 69.3 Å². The van der Waals surface area contributed by atoms with Gasteiger partial charge in [0.15, 0.2) is 0 Å². The first-order valence-electron chi connectivity index (χ1n) is 19.2. The van der Waals surface area contributed by atoms with Crippen LogP contribution in [-0.2, 0) is 46.9 Å². The molecule has 0 saturated carbocycles. The van der Waals surface area contributed by atoms with Gasteiger partial charge in [-0.3, -0.25) is 24.2 Å². The number of nitrogens with zero attached hydrogens (tertiary/aromatic N) is 7. The second-order valence-corrected chi connectivity index (χ2v) is 15.9. The molecule has 0 spiro atoms. The number of imide groups is 1. The van der Waals surface area contributed by atoms with Gasteiger partial charge in [0.25, 0.3) is 5.91 Å². The number of piperazine rings is 1. The maximum Gasteiger partial charge on any atom is 0.417 e. The summed E-state index contributed by atoms with van der Waals surface area (Å²) in [6.45, 7) is 9.45. The van der Waals surface area contributed by atoms with Crippen LogP contribution >= 0.6 is 0 Å². The third-order valence-corrected chi connectivity index (χ3v) is 10.2. The number of carbonyl (C=O) groups excluding carboxylic acids is 4. The molecule has 4 heterocycles. The zero-order chi connectivity index (χ0) is 43.7.